The van der Waals surface area contributed by atoms with Crippen molar-refractivity contribution in [3.05, 3.63) is 71.5 Å². The minimum absolute atomic E-state index is 0.0292. The Labute approximate surface area is 197 Å². The fraction of sp³-hybridized carbons (Fsp3) is 0.261. The molecule has 1 aromatic heterocycles. The van der Waals surface area contributed by atoms with E-state index in [2.05, 4.69) is 16.9 Å². The average molecular weight is 487 g/mol. The summed E-state index contributed by atoms with van der Waals surface area (Å²) >= 11 is 1.15. The summed E-state index contributed by atoms with van der Waals surface area (Å²) in [5.41, 5.74) is 0.859. The van der Waals surface area contributed by atoms with Gasteiger partial charge in [-0.3, -0.25) is 14.2 Å². The number of allylic oxidation sites excluding steroid dienone is 1. The van der Waals surface area contributed by atoms with Gasteiger partial charge in [0.15, 0.2) is 5.16 Å². The first kappa shape index (κ1) is 24.7. The molecule has 0 spiro atoms. The Morgan fingerprint density at radius 1 is 1.15 bits per heavy atom. The maximum Gasteiger partial charge on any atom is 0.262 e. The Morgan fingerprint density at radius 3 is 2.45 bits per heavy atom. The van der Waals surface area contributed by atoms with Gasteiger partial charge in [0.05, 0.1) is 21.6 Å². The van der Waals surface area contributed by atoms with Crippen LogP contribution in [-0.4, -0.2) is 47.0 Å². The molecule has 8 nitrogen and oxygen atoms in total. The number of carbonyl (C=O) groups excluding carboxylic acids is 1. The number of anilines is 1. The third kappa shape index (κ3) is 5.52. The average Bonchev–Trinajstić information content (AvgIpc) is 2.81. The van der Waals surface area contributed by atoms with Gasteiger partial charge in [-0.25, -0.2) is 13.4 Å². The number of para-hydroxylation sites is 1. The summed E-state index contributed by atoms with van der Waals surface area (Å²) < 4.78 is 28.0. The molecule has 1 N–H and O–H groups in total. The van der Waals surface area contributed by atoms with E-state index < -0.39 is 10.0 Å². The number of carbonyl (C=O) groups is 1. The van der Waals surface area contributed by atoms with E-state index in [1.54, 1.807) is 56.3 Å². The molecule has 0 radical (unpaired) electrons. The van der Waals surface area contributed by atoms with Crippen LogP contribution in [0.4, 0.5) is 5.69 Å². The van der Waals surface area contributed by atoms with Crippen molar-refractivity contribution in [2.45, 2.75) is 30.4 Å². The second-order valence-electron chi connectivity index (χ2n) is 7.07. The van der Waals surface area contributed by atoms with Gasteiger partial charge in [0.2, 0.25) is 15.9 Å². The quantitative estimate of drug-likeness (QED) is 0.268. The maximum atomic E-state index is 12.8. The zero-order valence-corrected chi connectivity index (χ0v) is 20.2. The number of thioether (sulfide) groups is 1. The molecule has 0 saturated carbocycles. The molecular weight excluding hydrogens is 460 g/mol. The van der Waals surface area contributed by atoms with Crippen molar-refractivity contribution in [2.75, 3.05) is 24.2 Å². The number of amides is 1. The number of hydrogen-bond acceptors (Lipinski definition) is 6. The van der Waals surface area contributed by atoms with Crippen molar-refractivity contribution in [1.29, 1.82) is 0 Å². The summed E-state index contributed by atoms with van der Waals surface area (Å²) in [7, 11) is -3.56. The van der Waals surface area contributed by atoms with E-state index in [-0.39, 0.29) is 28.7 Å². The Bertz CT molecular complexity index is 1310. The Balaban J connectivity index is 1.72. The summed E-state index contributed by atoms with van der Waals surface area (Å²) in [4.78, 5) is 30.0. The maximum absolute atomic E-state index is 12.8. The fourth-order valence-electron chi connectivity index (χ4n) is 3.30. The normalized spacial score (nSPS) is 11.6. The molecule has 0 fully saturated rings. The molecular formula is C23H26N4O4S2. The molecule has 174 valence electrons. The first-order valence-electron chi connectivity index (χ1n) is 10.4. The highest BCUT2D eigenvalue weighted by Gasteiger charge is 2.21. The number of hydrogen-bond donors (Lipinski definition) is 1. The number of fused-ring (bicyclic) bond motifs is 1. The molecule has 1 amide bonds. The molecule has 0 bridgehead atoms. The zero-order valence-electron chi connectivity index (χ0n) is 18.5. The first-order valence-corrected chi connectivity index (χ1v) is 12.9. The lowest BCUT2D eigenvalue weighted by molar-refractivity contribution is -0.113. The van der Waals surface area contributed by atoms with Gasteiger partial charge < -0.3 is 5.32 Å². The third-order valence-corrected chi connectivity index (χ3v) is 7.99. The lowest BCUT2D eigenvalue weighted by Crippen LogP contribution is -2.30. The predicted molar refractivity (Wildman–Crippen MR) is 132 cm³/mol. The summed E-state index contributed by atoms with van der Waals surface area (Å²) in [6.45, 7) is 8.31. The highest BCUT2D eigenvalue weighted by molar-refractivity contribution is 7.99. The van der Waals surface area contributed by atoms with E-state index in [1.165, 1.54) is 21.0 Å². The number of nitrogens with one attached hydrogen (secondary N) is 1. The van der Waals surface area contributed by atoms with E-state index in [0.29, 0.717) is 34.8 Å². The summed E-state index contributed by atoms with van der Waals surface area (Å²) in [6, 6.07) is 13.1. The van der Waals surface area contributed by atoms with E-state index in [0.717, 1.165) is 11.8 Å². The van der Waals surface area contributed by atoms with Crippen LogP contribution in [0.1, 0.15) is 13.8 Å². The molecule has 33 heavy (non-hydrogen) atoms. The second kappa shape index (κ2) is 10.8. The van der Waals surface area contributed by atoms with Crippen LogP contribution in [0, 0.1) is 0 Å². The van der Waals surface area contributed by atoms with Gasteiger partial charge in [0, 0.05) is 25.3 Å². The van der Waals surface area contributed by atoms with Crippen LogP contribution in [0.15, 0.2) is 76.0 Å². The van der Waals surface area contributed by atoms with Crippen molar-refractivity contribution in [3.63, 3.8) is 0 Å². The highest BCUT2D eigenvalue weighted by Crippen LogP contribution is 2.20. The minimum atomic E-state index is -3.56. The van der Waals surface area contributed by atoms with Crippen LogP contribution in [0.2, 0.25) is 0 Å². The number of nitrogens with zero attached hydrogens (tertiary/aromatic N) is 3. The Kier molecular flexibility index (Phi) is 8.06. The summed E-state index contributed by atoms with van der Waals surface area (Å²) in [6.07, 6.45) is 1.61. The lowest BCUT2D eigenvalue weighted by atomic mass is 10.2. The van der Waals surface area contributed by atoms with Crippen molar-refractivity contribution >= 4 is 44.3 Å². The van der Waals surface area contributed by atoms with Gasteiger partial charge in [0.25, 0.3) is 5.56 Å². The molecule has 3 aromatic rings. The van der Waals surface area contributed by atoms with Crippen molar-refractivity contribution in [2.24, 2.45) is 0 Å². The molecule has 10 heteroatoms. The molecule has 0 aliphatic heterocycles. The van der Waals surface area contributed by atoms with Crippen molar-refractivity contribution in [3.8, 4) is 0 Å². The summed E-state index contributed by atoms with van der Waals surface area (Å²) in [5, 5.41) is 3.68. The number of rotatable bonds is 10. The van der Waals surface area contributed by atoms with Gasteiger partial charge in [-0.15, -0.1) is 6.58 Å². The summed E-state index contributed by atoms with van der Waals surface area (Å²) in [5.74, 6) is -0.270. The van der Waals surface area contributed by atoms with Crippen LogP contribution in [-0.2, 0) is 21.4 Å². The molecule has 0 atom stereocenters. The SMILES string of the molecule is C=CCn1c(SCC(=O)Nc2ccc(S(=O)(=O)N(CC)CC)cc2)nc2ccccc2c1=O. The number of aromatic nitrogens is 2. The molecule has 0 aliphatic rings. The topological polar surface area (TPSA) is 101 Å². The number of sulfonamides is 1. The van der Waals surface area contributed by atoms with Gasteiger partial charge in [0.1, 0.15) is 0 Å². The van der Waals surface area contributed by atoms with Gasteiger partial charge in [-0.2, -0.15) is 4.31 Å². The van der Waals surface area contributed by atoms with Crippen LogP contribution in [0.25, 0.3) is 10.9 Å². The molecule has 1 heterocycles. The lowest BCUT2D eigenvalue weighted by Gasteiger charge is -2.18. The Morgan fingerprint density at radius 2 is 1.82 bits per heavy atom. The molecule has 2 aromatic carbocycles. The van der Waals surface area contributed by atoms with Crippen LogP contribution in [0.3, 0.4) is 0 Å². The molecule has 3 rings (SSSR count). The number of benzene rings is 2. The standard InChI is InChI=1S/C23H26N4O4S2/c1-4-15-27-22(29)19-9-7-8-10-20(19)25-23(27)32-16-21(28)24-17-11-13-18(14-12-17)33(30,31)26(5-2)6-3/h4,7-14H,1,5-6,15-16H2,2-3H3,(H,24,28). The Hall–Kier alpha value is -2.95. The fourth-order valence-corrected chi connectivity index (χ4v) is 5.56. The van der Waals surface area contributed by atoms with Crippen LogP contribution in [0.5, 0.6) is 0 Å². The van der Waals surface area contributed by atoms with Crippen LogP contribution < -0.4 is 10.9 Å². The monoisotopic (exact) mass is 486 g/mol. The first-order chi connectivity index (χ1) is 15.8. The molecule has 0 unspecified atom stereocenters. The zero-order chi connectivity index (χ0) is 24.0. The largest absolute Gasteiger partial charge is 0.325 e. The van der Waals surface area contributed by atoms with Crippen molar-refractivity contribution < 1.29 is 13.2 Å². The van der Waals surface area contributed by atoms with Gasteiger partial charge in [-0.1, -0.05) is 43.8 Å². The van der Waals surface area contributed by atoms with E-state index in [1.807, 2.05) is 0 Å². The predicted octanol–water partition coefficient (Wildman–Crippen LogP) is 3.34. The van der Waals surface area contributed by atoms with Gasteiger partial charge >= 0.3 is 0 Å². The third-order valence-electron chi connectivity index (χ3n) is 4.95. The highest BCUT2D eigenvalue weighted by atomic mass is 32.2. The van der Waals surface area contributed by atoms with E-state index in [9.17, 15) is 18.0 Å². The minimum Gasteiger partial charge on any atom is -0.325 e. The second-order valence-corrected chi connectivity index (χ2v) is 9.95. The van der Waals surface area contributed by atoms with Crippen LogP contribution >= 0.6 is 11.8 Å². The van der Waals surface area contributed by atoms with E-state index in [4.69, 9.17) is 0 Å². The van der Waals surface area contributed by atoms with E-state index >= 15 is 0 Å². The smallest absolute Gasteiger partial charge is 0.262 e. The van der Waals surface area contributed by atoms with Gasteiger partial charge in [-0.05, 0) is 36.4 Å². The molecule has 0 aliphatic carbocycles. The van der Waals surface area contributed by atoms with Crippen molar-refractivity contribution in [1.82, 2.24) is 13.9 Å². The molecule has 0 saturated heterocycles.